The van der Waals surface area contributed by atoms with Crippen LogP contribution in [0.5, 0.6) is 0 Å². The largest absolute Gasteiger partial charge is 0.343 e. The molecule has 0 saturated heterocycles. The molecule has 1 rings (SSSR count). The predicted molar refractivity (Wildman–Crippen MR) is 53.9 cm³/mol. The van der Waals surface area contributed by atoms with Gasteiger partial charge in [-0.25, -0.2) is 13.2 Å². The molecule has 0 bridgehead atoms. The van der Waals surface area contributed by atoms with E-state index in [1.807, 2.05) is 0 Å². The van der Waals surface area contributed by atoms with E-state index in [1.54, 1.807) is 0 Å². The van der Waals surface area contributed by atoms with E-state index in [0.717, 1.165) is 0 Å². The van der Waals surface area contributed by atoms with Crippen molar-refractivity contribution in [2.75, 3.05) is 0 Å². The Hall–Kier alpha value is -1.85. The summed E-state index contributed by atoms with van der Waals surface area (Å²) in [5, 5.41) is 2.23. The summed E-state index contributed by atoms with van der Waals surface area (Å²) in [6, 6.07) is 0.361. The lowest BCUT2D eigenvalue weighted by atomic mass is 10.1. The first-order chi connectivity index (χ1) is 7.82. The van der Waals surface area contributed by atoms with Gasteiger partial charge in [0.2, 0.25) is 0 Å². The number of amides is 1. The smallest absolute Gasteiger partial charge is 0.252 e. The number of benzene rings is 1. The number of hydrogen-bond acceptors (Lipinski definition) is 2. The molecule has 0 aliphatic carbocycles. The molecule has 0 heterocycles. The molecule has 1 aromatic rings. The van der Waals surface area contributed by atoms with E-state index in [-0.39, 0.29) is 11.3 Å². The molecule has 1 unspecified atom stereocenters. The standard InChI is InChI=1S/C11H10F3NO2/c1-5(6(2)16)15-11(17)7-3-8(12)10(14)9(13)4-7/h3-5H,1-2H3,(H,15,17). The first-order valence-corrected chi connectivity index (χ1v) is 4.78. The van der Waals surface area contributed by atoms with E-state index in [0.29, 0.717) is 12.1 Å². The van der Waals surface area contributed by atoms with E-state index < -0.39 is 29.4 Å². The Morgan fingerprint density at radius 1 is 1.18 bits per heavy atom. The Balaban J connectivity index is 2.94. The normalized spacial score (nSPS) is 12.1. The van der Waals surface area contributed by atoms with Crippen molar-refractivity contribution in [2.45, 2.75) is 19.9 Å². The summed E-state index contributed by atoms with van der Waals surface area (Å²) >= 11 is 0. The molecule has 1 amide bonds. The fourth-order valence-corrected chi connectivity index (χ4v) is 1.07. The van der Waals surface area contributed by atoms with Crippen LogP contribution >= 0.6 is 0 Å². The molecule has 1 atom stereocenters. The van der Waals surface area contributed by atoms with Crippen molar-refractivity contribution in [3.8, 4) is 0 Å². The molecule has 0 saturated carbocycles. The van der Waals surface area contributed by atoms with Crippen LogP contribution in [-0.2, 0) is 4.79 Å². The average molecular weight is 245 g/mol. The third kappa shape index (κ3) is 3.05. The van der Waals surface area contributed by atoms with Gasteiger partial charge >= 0.3 is 0 Å². The SMILES string of the molecule is CC(=O)C(C)NC(=O)c1cc(F)c(F)c(F)c1. The lowest BCUT2D eigenvalue weighted by Gasteiger charge is -2.10. The zero-order valence-corrected chi connectivity index (χ0v) is 9.18. The molecule has 0 aliphatic rings. The summed E-state index contributed by atoms with van der Waals surface area (Å²) < 4.78 is 38.3. The Bertz CT molecular complexity index is 451. The topological polar surface area (TPSA) is 46.2 Å². The van der Waals surface area contributed by atoms with Gasteiger partial charge in [-0.3, -0.25) is 9.59 Å². The van der Waals surface area contributed by atoms with E-state index in [1.165, 1.54) is 13.8 Å². The zero-order valence-electron chi connectivity index (χ0n) is 9.18. The third-order valence-corrected chi connectivity index (χ3v) is 2.20. The first-order valence-electron chi connectivity index (χ1n) is 4.78. The number of Topliss-reactive ketones (excluding diaryl/α,β-unsaturated/α-hetero) is 1. The molecule has 1 N–H and O–H groups in total. The van der Waals surface area contributed by atoms with E-state index in [9.17, 15) is 22.8 Å². The lowest BCUT2D eigenvalue weighted by Crippen LogP contribution is -2.37. The molecule has 0 spiro atoms. The predicted octanol–water partition coefficient (Wildman–Crippen LogP) is 1.81. The van der Waals surface area contributed by atoms with Gasteiger partial charge in [-0.2, -0.15) is 0 Å². The Labute approximate surface area is 95.6 Å². The van der Waals surface area contributed by atoms with E-state index in [2.05, 4.69) is 5.32 Å². The molecule has 17 heavy (non-hydrogen) atoms. The highest BCUT2D eigenvalue weighted by molar-refractivity contribution is 5.97. The van der Waals surface area contributed by atoms with Gasteiger partial charge in [0.15, 0.2) is 23.2 Å². The molecule has 92 valence electrons. The number of rotatable bonds is 3. The number of nitrogens with one attached hydrogen (secondary N) is 1. The van der Waals surface area contributed by atoms with Gasteiger partial charge < -0.3 is 5.32 Å². The van der Waals surface area contributed by atoms with Crippen molar-refractivity contribution < 1.29 is 22.8 Å². The number of carbonyl (C=O) groups is 2. The van der Waals surface area contributed by atoms with E-state index >= 15 is 0 Å². The van der Waals surface area contributed by atoms with Crippen molar-refractivity contribution in [2.24, 2.45) is 0 Å². The molecule has 0 radical (unpaired) electrons. The Morgan fingerprint density at radius 3 is 2.06 bits per heavy atom. The minimum absolute atomic E-state index is 0.304. The van der Waals surface area contributed by atoms with Crippen molar-refractivity contribution in [1.29, 1.82) is 0 Å². The Morgan fingerprint density at radius 2 is 1.65 bits per heavy atom. The minimum Gasteiger partial charge on any atom is -0.343 e. The van der Waals surface area contributed by atoms with Crippen molar-refractivity contribution in [1.82, 2.24) is 5.32 Å². The summed E-state index contributed by atoms with van der Waals surface area (Å²) in [5.41, 5.74) is -0.380. The van der Waals surface area contributed by atoms with Crippen LogP contribution in [-0.4, -0.2) is 17.7 Å². The van der Waals surface area contributed by atoms with Crippen LogP contribution in [0.3, 0.4) is 0 Å². The van der Waals surface area contributed by atoms with Crippen molar-refractivity contribution in [3.63, 3.8) is 0 Å². The van der Waals surface area contributed by atoms with Gasteiger partial charge in [-0.15, -0.1) is 0 Å². The van der Waals surface area contributed by atoms with Gasteiger partial charge in [0.25, 0.3) is 5.91 Å². The summed E-state index contributed by atoms with van der Waals surface area (Å²) in [6.45, 7) is 2.69. The van der Waals surface area contributed by atoms with Crippen LogP contribution in [0.25, 0.3) is 0 Å². The third-order valence-electron chi connectivity index (χ3n) is 2.20. The number of carbonyl (C=O) groups excluding carboxylic acids is 2. The molecule has 0 aromatic heterocycles. The molecular formula is C11H10F3NO2. The van der Waals surface area contributed by atoms with Crippen LogP contribution in [0.15, 0.2) is 12.1 Å². The van der Waals surface area contributed by atoms with Gasteiger partial charge in [0.1, 0.15) is 0 Å². The average Bonchev–Trinajstić information content (AvgIpc) is 2.24. The van der Waals surface area contributed by atoms with E-state index in [4.69, 9.17) is 0 Å². The number of halogens is 3. The number of ketones is 1. The van der Waals surface area contributed by atoms with Gasteiger partial charge in [0.05, 0.1) is 6.04 Å². The maximum atomic E-state index is 12.8. The quantitative estimate of drug-likeness (QED) is 0.825. The summed E-state index contributed by atoms with van der Waals surface area (Å²) in [5.74, 6) is -5.69. The summed E-state index contributed by atoms with van der Waals surface area (Å²) in [6.07, 6.45) is 0. The highest BCUT2D eigenvalue weighted by Crippen LogP contribution is 2.13. The second-order valence-electron chi connectivity index (χ2n) is 3.56. The van der Waals surface area contributed by atoms with Crippen molar-refractivity contribution >= 4 is 11.7 Å². The molecule has 0 fully saturated rings. The zero-order chi connectivity index (χ0) is 13.2. The fourth-order valence-electron chi connectivity index (χ4n) is 1.07. The molecule has 6 heteroatoms. The van der Waals surface area contributed by atoms with Crippen LogP contribution in [0.4, 0.5) is 13.2 Å². The van der Waals surface area contributed by atoms with Gasteiger partial charge in [0, 0.05) is 5.56 Å². The summed E-state index contributed by atoms with van der Waals surface area (Å²) in [7, 11) is 0. The maximum Gasteiger partial charge on any atom is 0.252 e. The van der Waals surface area contributed by atoms with Crippen LogP contribution < -0.4 is 5.32 Å². The second-order valence-corrected chi connectivity index (χ2v) is 3.56. The molecule has 1 aromatic carbocycles. The number of hydrogen-bond donors (Lipinski definition) is 1. The minimum atomic E-state index is -1.64. The van der Waals surface area contributed by atoms with Crippen LogP contribution in [0.1, 0.15) is 24.2 Å². The fraction of sp³-hybridized carbons (Fsp3) is 0.273. The first kappa shape index (κ1) is 13.2. The summed E-state index contributed by atoms with van der Waals surface area (Å²) in [4.78, 5) is 22.3. The maximum absolute atomic E-state index is 12.8. The molecule has 0 aliphatic heterocycles. The van der Waals surface area contributed by atoms with Crippen molar-refractivity contribution in [3.05, 3.63) is 35.1 Å². The molecule has 3 nitrogen and oxygen atoms in total. The molecular weight excluding hydrogens is 235 g/mol. The van der Waals surface area contributed by atoms with Gasteiger partial charge in [-0.05, 0) is 26.0 Å². The Kier molecular flexibility index (Phi) is 3.88. The lowest BCUT2D eigenvalue weighted by molar-refractivity contribution is -0.118. The van der Waals surface area contributed by atoms with Crippen LogP contribution in [0.2, 0.25) is 0 Å². The van der Waals surface area contributed by atoms with Crippen LogP contribution in [0, 0.1) is 17.5 Å². The van der Waals surface area contributed by atoms with Gasteiger partial charge in [-0.1, -0.05) is 0 Å². The monoisotopic (exact) mass is 245 g/mol. The highest BCUT2D eigenvalue weighted by Gasteiger charge is 2.17. The highest BCUT2D eigenvalue weighted by atomic mass is 19.2. The second kappa shape index (κ2) is 4.99.